The van der Waals surface area contributed by atoms with E-state index in [0.29, 0.717) is 31.2 Å². The van der Waals surface area contributed by atoms with E-state index < -0.39 is 11.5 Å². The van der Waals surface area contributed by atoms with E-state index in [4.69, 9.17) is 0 Å². The summed E-state index contributed by atoms with van der Waals surface area (Å²) in [7, 11) is 1.72. The van der Waals surface area contributed by atoms with Crippen molar-refractivity contribution in [1.29, 1.82) is 0 Å². The van der Waals surface area contributed by atoms with Gasteiger partial charge < -0.3 is 15.3 Å². The SMILES string of the molecule is CC(C)CCN(C)C(=O)NC1(C(=O)O)CCC(C)CC1. The van der Waals surface area contributed by atoms with Crippen molar-refractivity contribution >= 4 is 12.0 Å². The van der Waals surface area contributed by atoms with Crippen LogP contribution in [0, 0.1) is 11.8 Å². The number of aliphatic carboxylic acids is 1. The topological polar surface area (TPSA) is 69.6 Å². The van der Waals surface area contributed by atoms with Crippen molar-refractivity contribution in [3.8, 4) is 0 Å². The van der Waals surface area contributed by atoms with Crippen molar-refractivity contribution in [1.82, 2.24) is 10.2 Å². The summed E-state index contributed by atoms with van der Waals surface area (Å²) >= 11 is 0. The first-order valence-corrected chi connectivity index (χ1v) is 7.53. The summed E-state index contributed by atoms with van der Waals surface area (Å²) in [4.78, 5) is 25.3. The minimum absolute atomic E-state index is 0.275. The highest BCUT2D eigenvalue weighted by Crippen LogP contribution is 2.32. The molecule has 5 heteroatoms. The molecule has 1 rings (SSSR count). The van der Waals surface area contributed by atoms with Crippen molar-refractivity contribution in [3.05, 3.63) is 0 Å². The van der Waals surface area contributed by atoms with Crippen LogP contribution in [-0.4, -0.2) is 41.1 Å². The summed E-state index contributed by atoms with van der Waals surface area (Å²) < 4.78 is 0. The number of nitrogens with zero attached hydrogens (tertiary/aromatic N) is 1. The summed E-state index contributed by atoms with van der Waals surface area (Å²) in [6.45, 7) is 6.98. The Morgan fingerprint density at radius 3 is 2.35 bits per heavy atom. The van der Waals surface area contributed by atoms with Crippen molar-refractivity contribution in [2.45, 2.75) is 58.4 Å². The van der Waals surface area contributed by atoms with Crippen molar-refractivity contribution in [2.75, 3.05) is 13.6 Å². The van der Waals surface area contributed by atoms with E-state index in [1.807, 2.05) is 0 Å². The molecular weight excluding hydrogens is 256 g/mol. The highest BCUT2D eigenvalue weighted by molar-refractivity contribution is 5.86. The second-order valence-corrected chi connectivity index (χ2v) is 6.60. The maximum atomic E-state index is 12.2. The van der Waals surface area contributed by atoms with Gasteiger partial charge in [0.25, 0.3) is 0 Å². The van der Waals surface area contributed by atoms with E-state index in [-0.39, 0.29) is 6.03 Å². The molecule has 0 bridgehead atoms. The van der Waals surface area contributed by atoms with Gasteiger partial charge in [-0.1, -0.05) is 20.8 Å². The van der Waals surface area contributed by atoms with Crippen LogP contribution in [0.25, 0.3) is 0 Å². The Balaban J connectivity index is 2.62. The van der Waals surface area contributed by atoms with Crippen molar-refractivity contribution in [2.24, 2.45) is 11.8 Å². The minimum atomic E-state index is -1.07. The van der Waals surface area contributed by atoms with Gasteiger partial charge in [0.05, 0.1) is 0 Å². The fraction of sp³-hybridized carbons (Fsp3) is 0.867. The van der Waals surface area contributed by atoms with Crippen LogP contribution in [0.5, 0.6) is 0 Å². The number of carboxylic acid groups (broad SMARTS) is 1. The van der Waals surface area contributed by atoms with Gasteiger partial charge in [0.2, 0.25) is 0 Å². The molecule has 1 aliphatic rings. The lowest BCUT2D eigenvalue weighted by Crippen LogP contribution is -2.58. The fourth-order valence-corrected chi connectivity index (χ4v) is 2.50. The molecule has 2 N–H and O–H groups in total. The average molecular weight is 284 g/mol. The molecule has 1 saturated carbocycles. The van der Waals surface area contributed by atoms with Crippen molar-refractivity contribution in [3.63, 3.8) is 0 Å². The first-order chi connectivity index (χ1) is 9.27. The van der Waals surface area contributed by atoms with E-state index >= 15 is 0 Å². The Morgan fingerprint density at radius 2 is 1.90 bits per heavy atom. The molecule has 1 fully saturated rings. The second kappa shape index (κ2) is 6.95. The van der Waals surface area contributed by atoms with Gasteiger partial charge in [-0.15, -0.1) is 0 Å². The summed E-state index contributed by atoms with van der Waals surface area (Å²) in [6, 6.07) is -0.275. The first kappa shape index (κ1) is 16.8. The number of amides is 2. The molecule has 0 unspecified atom stereocenters. The summed E-state index contributed by atoms with van der Waals surface area (Å²) in [5.41, 5.74) is -1.07. The maximum absolute atomic E-state index is 12.2. The molecule has 0 radical (unpaired) electrons. The van der Waals surface area contributed by atoms with Crippen LogP contribution < -0.4 is 5.32 Å². The van der Waals surface area contributed by atoms with E-state index in [1.165, 1.54) is 0 Å². The summed E-state index contributed by atoms with van der Waals surface area (Å²) in [5, 5.41) is 12.3. The van der Waals surface area contributed by atoms with Gasteiger partial charge in [0.1, 0.15) is 5.54 Å². The largest absolute Gasteiger partial charge is 0.480 e. The molecule has 0 atom stereocenters. The van der Waals surface area contributed by atoms with Gasteiger partial charge in [0, 0.05) is 13.6 Å². The van der Waals surface area contributed by atoms with Gasteiger partial charge in [-0.25, -0.2) is 9.59 Å². The van der Waals surface area contributed by atoms with Crippen LogP contribution >= 0.6 is 0 Å². The predicted molar refractivity (Wildman–Crippen MR) is 78.6 cm³/mol. The Bertz CT molecular complexity index is 347. The van der Waals surface area contributed by atoms with Crippen LogP contribution in [0.15, 0.2) is 0 Å². The number of nitrogens with one attached hydrogen (secondary N) is 1. The molecule has 2 amide bonds. The van der Waals surface area contributed by atoms with Gasteiger partial charge in [0.15, 0.2) is 0 Å². The van der Waals surface area contributed by atoms with Gasteiger partial charge in [-0.05, 0) is 43.9 Å². The molecular formula is C15H28N2O3. The number of carbonyl (C=O) groups is 2. The highest BCUT2D eigenvalue weighted by Gasteiger charge is 2.42. The van der Waals surface area contributed by atoms with Crippen LogP contribution in [0.1, 0.15) is 52.9 Å². The standard InChI is InChI=1S/C15H28N2O3/c1-11(2)7-10-17(4)14(20)16-15(13(18)19)8-5-12(3)6-9-15/h11-12H,5-10H2,1-4H3,(H,16,20)(H,18,19). The highest BCUT2D eigenvalue weighted by atomic mass is 16.4. The van der Waals surface area contributed by atoms with Crippen LogP contribution in [0.4, 0.5) is 4.79 Å². The third-order valence-electron chi connectivity index (χ3n) is 4.27. The van der Waals surface area contributed by atoms with Crippen molar-refractivity contribution < 1.29 is 14.7 Å². The zero-order chi connectivity index (χ0) is 15.3. The predicted octanol–water partition coefficient (Wildman–Crippen LogP) is 2.71. The number of hydrogen-bond acceptors (Lipinski definition) is 2. The molecule has 0 aromatic carbocycles. The molecule has 0 saturated heterocycles. The number of hydrogen-bond donors (Lipinski definition) is 2. The van der Waals surface area contributed by atoms with Gasteiger partial charge in [-0.2, -0.15) is 0 Å². The first-order valence-electron chi connectivity index (χ1n) is 7.53. The molecule has 0 aromatic heterocycles. The monoisotopic (exact) mass is 284 g/mol. The Morgan fingerprint density at radius 1 is 1.35 bits per heavy atom. The van der Waals surface area contributed by atoms with E-state index in [9.17, 15) is 14.7 Å². The fourth-order valence-electron chi connectivity index (χ4n) is 2.50. The summed E-state index contributed by atoms with van der Waals surface area (Å²) in [6.07, 6.45) is 3.66. The molecule has 5 nitrogen and oxygen atoms in total. The van der Waals surface area contributed by atoms with Gasteiger partial charge in [-0.3, -0.25) is 0 Å². The molecule has 20 heavy (non-hydrogen) atoms. The quantitative estimate of drug-likeness (QED) is 0.815. The summed E-state index contributed by atoms with van der Waals surface area (Å²) in [5.74, 6) is 0.155. The molecule has 116 valence electrons. The van der Waals surface area contributed by atoms with Gasteiger partial charge >= 0.3 is 12.0 Å². The normalized spacial score (nSPS) is 26.4. The Labute approximate surface area is 121 Å². The zero-order valence-corrected chi connectivity index (χ0v) is 13.1. The molecule has 0 aliphatic heterocycles. The average Bonchev–Trinajstić information content (AvgIpc) is 2.38. The van der Waals surface area contributed by atoms with Crippen LogP contribution in [-0.2, 0) is 4.79 Å². The Hall–Kier alpha value is -1.26. The van der Waals surface area contributed by atoms with E-state index in [0.717, 1.165) is 19.3 Å². The third kappa shape index (κ3) is 4.39. The van der Waals surface area contributed by atoms with E-state index in [2.05, 4.69) is 26.1 Å². The number of rotatable bonds is 5. The molecule has 0 heterocycles. The second-order valence-electron chi connectivity index (χ2n) is 6.60. The van der Waals surface area contributed by atoms with Crippen LogP contribution in [0.3, 0.4) is 0 Å². The number of carboxylic acids is 1. The lowest BCUT2D eigenvalue weighted by atomic mass is 9.77. The molecule has 0 spiro atoms. The molecule has 0 aromatic rings. The number of carbonyl (C=O) groups excluding carboxylic acids is 1. The van der Waals surface area contributed by atoms with E-state index in [1.54, 1.807) is 11.9 Å². The molecule has 1 aliphatic carbocycles. The minimum Gasteiger partial charge on any atom is -0.480 e. The van der Waals surface area contributed by atoms with Crippen LogP contribution in [0.2, 0.25) is 0 Å². The lowest BCUT2D eigenvalue weighted by molar-refractivity contribution is -0.146. The Kier molecular flexibility index (Phi) is 5.84. The maximum Gasteiger partial charge on any atom is 0.329 e. The third-order valence-corrected chi connectivity index (χ3v) is 4.27. The lowest BCUT2D eigenvalue weighted by Gasteiger charge is -2.37. The zero-order valence-electron chi connectivity index (χ0n) is 13.1. The number of urea groups is 1. The smallest absolute Gasteiger partial charge is 0.329 e.